The first kappa shape index (κ1) is 17.4. The van der Waals surface area contributed by atoms with Crippen LogP contribution in [0.4, 0.5) is 14.9 Å². The third-order valence-electron chi connectivity index (χ3n) is 4.51. The van der Waals surface area contributed by atoms with E-state index in [9.17, 15) is 9.18 Å². The molecule has 7 heteroatoms. The molecule has 0 bridgehead atoms. The Kier molecular flexibility index (Phi) is 5.33. The first-order valence-corrected chi connectivity index (χ1v) is 8.58. The maximum Gasteiger partial charge on any atom is 0.319 e. The van der Waals surface area contributed by atoms with Gasteiger partial charge in [-0.15, -0.1) is 0 Å². The van der Waals surface area contributed by atoms with Gasteiger partial charge in [0.2, 0.25) is 0 Å². The standard InChI is InChI=1S/C18H23FN4O2/c1-3-14(17-9-6-10-25-17)21-18(24)22-15-11-20-23(12(15)2)16-8-5-4-7-13(16)19/h4-5,7-8,11,14,17H,3,6,9-10H2,1-2H3,(H2,21,22,24)/t14-,17+/m0/s1. The van der Waals surface area contributed by atoms with Crippen LogP contribution >= 0.6 is 0 Å². The molecule has 0 spiro atoms. The number of ether oxygens (including phenoxy) is 1. The van der Waals surface area contributed by atoms with Crippen LogP contribution in [-0.4, -0.2) is 34.6 Å². The number of aromatic nitrogens is 2. The number of hydrogen-bond donors (Lipinski definition) is 2. The molecule has 0 radical (unpaired) electrons. The van der Waals surface area contributed by atoms with E-state index in [2.05, 4.69) is 15.7 Å². The van der Waals surface area contributed by atoms with Gasteiger partial charge in [-0.3, -0.25) is 0 Å². The average molecular weight is 346 g/mol. The fraction of sp³-hybridized carbons (Fsp3) is 0.444. The van der Waals surface area contributed by atoms with Crippen LogP contribution in [0.1, 0.15) is 31.9 Å². The molecule has 1 saturated heterocycles. The second kappa shape index (κ2) is 7.65. The minimum Gasteiger partial charge on any atom is -0.376 e. The highest BCUT2D eigenvalue weighted by atomic mass is 19.1. The second-order valence-electron chi connectivity index (χ2n) is 6.17. The van der Waals surface area contributed by atoms with E-state index in [1.807, 2.05) is 6.92 Å². The molecule has 25 heavy (non-hydrogen) atoms. The second-order valence-corrected chi connectivity index (χ2v) is 6.17. The number of hydrogen-bond acceptors (Lipinski definition) is 3. The molecule has 0 unspecified atom stereocenters. The molecule has 3 rings (SSSR count). The molecular weight excluding hydrogens is 323 g/mol. The van der Waals surface area contributed by atoms with Crippen molar-refractivity contribution in [3.05, 3.63) is 42.0 Å². The number of amides is 2. The van der Waals surface area contributed by atoms with Crippen molar-refractivity contribution in [3.8, 4) is 5.69 Å². The molecule has 0 aliphatic carbocycles. The van der Waals surface area contributed by atoms with Gasteiger partial charge in [0.25, 0.3) is 0 Å². The van der Waals surface area contributed by atoms with Crippen molar-refractivity contribution in [2.24, 2.45) is 0 Å². The SMILES string of the molecule is CC[C@H](NC(=O)Nc1cnn(-c2ccccc2F)c1C)[C@H]1CCCO1. The minimum absolute atomic E-state index is 0.0237. The molecule has 1 aromatic carbocycles. The molecule has 2 atom stereocenters. The molecule has 1 fully saturated rings. The van der Waals surface area contributed by atoms with Crippen LogP contribution in [0.25, 0.3) is 5.69 Å². The molecular formula is C18H23FN4O2. The zero-order valence-corrected chi connectivity index (χ0v) is 14.5. The summed E-state index contributed by atoms with van der Waals surface area (Å²) in [6.07, 6.45) is 4.38. The van der Waals surface area contributed by atoms with Gasteiger partial charge < -0.3 is 15.4 Å². The summed E-state index contributed by atoms with van der Waals surface area (Å²) in [5.41, 5.74) is 1.55. The van der Waals surface area contributed by atoms with Crippen molar-refractivity contribution in [2.45, 2.75) is 45.3 Å². The number of benzene rings is 1. The maximum absolute atomic E-state index is 13.9. The van der Waals surface area contributed by atoms with Crippen LogP contribution in [0, 0.1) is 12.7 Å². The summed E-state index contributed by atoms with van der Waals surface area (Å²) in [5.74, 6) is -0.367. The Morgan fingerprint density at radius 3 is 2.96 bits per heavy atom. The average Bonchev–Trinajstić information content (AvgIpc) is 3.25. The van der Waals surface area contributed by atoms with Gasteiger partial charge in [0.1, 0.15) is 11.5 Å². The van der Waals surface area contributed by atoms with Gasteiger partial charge in [0, 0.05) is 6.61 Å². The summed E-state index contributed by atoms with van der Waals surface area (Å²) < 4.78 is 21.1. The monoisotopic (exact) mass is 346 g/mol. The lowest BCUT2D eigenvalue weighted by molar-refractivity contribution is 0.0804. The number of nitrogens with zero attached hydrogens (tertiary/aromatic N) is 2. The van der Waals surface area contributed by atoms with Crippen molar-refractivity contribution >= 4 is 11.7 Å². The Morgan fingerprint density at radius 2 is 2.28 bits per heavy atom. The number of carbonyl (C=O) groups is 1. The van der Waals surface area contributed by atoms with Crippen molar-refractivity contribution in [3.63, 3.8) is 0 Å². The van der Waals surface area contributed by atoms with E-state index < -0.39 is 0 Å². The summed E-state index contributed by atoms with van der Waals surface area (Å²) in [7, 11) is 0. The number of urea groups is 1. The molecule has 6 nitrogen and oxygen atoms in total. The highest BCUT2D eigenvalue weighted by Gasteiger charge is 2.26. The summed E-state index contributed by atoms with van der Waals surface area (Å²) in [4.78, 5) is 12.3. The smallest absolute Gasteiger partial charge is 0.319 e. The van der Waals surface area contributed by atoms with Crippen LogP contribution in [0.3, 0.4) is 0 Å². The molecule has 2 amide bonds. The number of rotatable bonds is 5. The van der Waals surface area contributed by atoms with Gasteiger partial charge in [-0.2, -0.15) is 5.10 Å². The Bertz CT molecular complexity index is 740. The van der Waals surface area contributed by atoms with E-state index in [4.69, 9.17) is 4.74 Å². The third-order valence-corrected chi connectivity index (χ3v) is 4.51. The maximum atomic E-state index is 13.9. The van der Waals surface area contributed by atoms with E-state index in [0.717, 1.165) is 25.9 Å². The lowest BCUT2D eigenvalue weighted by atomic mass is 10.1. The quantitative estimate of drug-likeness (QED) is 0.872. The van der Waals surface area contributed by atoms with E-state index in [1.165, 1.54) is 16.9 Å². The summed E-state index contributed by atoms with van der Waals surface area (Å²) in [6, 6.07) is 6.06. The van der Waals surface area contributed by atoms with Gasteiger partial charge in [0.05, 0.1) is 29.7 Å². The van der Waals surface area contributed by atoms with Crippen molar-refractivity contribution in [1.82, 2.24) is 15.1 Å². The Morgan fingerprint density at radius 1 is 1.48 bits per heavy atom. The van der Waals surface area contributed by atoms with Crippen molar-refractivity contribution in [1.29, 1.82) is 0 Å². The third kappa shape index (κ3) is 3.82. The Hall–Kier alpha value is -2.41. The molecule has 2 aromatic rings. The normalized spacial score (nSPS) is 18.1. The zero-order valence-electron chi connectivity index (χ0n) is 14.5. The number of halogens is 1. The number of carbonyl (C=O) groups excluding carboxylic acids is 1. The van der Waals surface area contributed by atoms with Crippen LogP contribution < -0.4 is 10.6 Å². The number of anilines is 1. The minimum atomic E-state index is -0.367. The topological polar surface area (TPSA) is 68.2 Å². The highest BCUT2D eigenvalue weighted by Crippen LogP contribution is 2.21. The predicted octanol–water partition coefficient (Wildman–Crippen LogP) is 3.40. The summed E-state index contributed by atoms with van der Waals surface area (Å²) in [5, 5.41) is 9.94. The van der Waals surface area contributed by atoms with Crippen molar-refractivity contribution in [2.75, 3.05) is 11.9 Å². The Labute approximate surface area is 146 Å². The van der Waals surface area contributed by atoms with Crippen LogP contribution in [-0.2, 0) is 4.74 Å². The van der Waals surface area contributed by atoms with Gasteiger partial charge in [0.15, 0.2) is 0 Å². The Balaban J connectivity index is 1.69. The predicted molar refractivity (Wildman–Crippen MR) is 93.5 cm³/mol. The van der Waals surface area contributed by atoms with E-state index >= 15 is 0 Å². The largest absolute Gasteiger partial charge is 0.376 e. The molecule has 1 aromatic heterocycles. The van der Waals surface area contributed by atoms with E-state index in [-0.39, 0.29) is 24.0 Å². The molecule has 1 aliphatic heterocycles. The first-order chi connectivity index (χ1) is 12.1. The number of para-hydroxylation sites is 1. The van der Waals surface area contributed by atoms with Gasteiger partial charge >= 0.3 is 6.03 Å². The molecule has 1 aliphatic rings. The van der Waals surface area contributed by atoms with Crippen molar-refractivity contribution < 1.29 is 13.9 Å². The fourth-order valence-corrected chi connectivity index (χ4v) is 3.10. The lowest BCUT2D eigenvalue weighted by Crippen LogP contribution is -2.44. The van der Waals surface area contributed by atoms with E-state index in [0.29, 0.717) is 17.1 Å². The summed E-state index contributed by atoms with van der Waals surface area (Å²) in [6.45, 7) is 4.56. The van der Waals surface area contributed by atoms with Gasteiger partial charge in [-0.05, 0) is 38.3 Å². The lowest BCUT2D eigenvalue weighted by Gasteiger charge is -2.22. The number of nitrogens with one attached hydrogen (secondary N) is 2. The van der Waals surface area contributed by atoms with E-state index in [1.54, 1.807) is 25.1 Å². The molecule has 2 heterocycles. The molecule has 0 saturated carbocycles. The zero-order chi connectivity index (χ0) is 17.8. The summed E-state index contributed by atoms with van der Waals surface area (Å²) >= 11 is 0. The molecule has 134 valence electrons. The van der Waals surface area contributed by atoms with Crippen LogP contribution in [0.15, 0.2) is 30.5 Å². The highest BCUT2D eigenvalue weighted by molar-refractivity contribution is 5.90. The first-order valence-electron chi connectivity index (χ1n) is 8.58. The fourth-order valence-electron chi connectivity index (χ4n) is 3.10. The molecule has 2 N–H and O–H groups in total. The van der Waals surface area contributed by atoms with Gasteiger partial charge in [-0.25, -0.2) is 13.9 Å². The van der Waals surface area contributed by atoms with Crippen LogP contribution in [0.5, 0.6) is 0 Å². The van der Waals surface area contributed by atoms with Crippen LogP contribution in [0.2, 0.25) is 0 Å². The van der Waals surface area contributed by atoms with Gasteiger partial charge in [-0.1, -0.05) is 19.1 Å².